The molecule has 7 nitrogen and oxygen atoms in total. The average molecular weight is 551 g/mol. The molecule has 0 atom stereocenters. The number of halogens is 1. The first-order chi connectivity index (χ1) is 16.7. The van der Waals surface area contributed by atoms with E-state index in [-0.39, 0.29) is 21.9 Å². The van der Waals surface area contributed by atoms with Crippen LogP contribution in [0.25, 0.3) is 6.08 Å². The van der Waals surface area contributed by atoms with E-state index in [1.807, 2.05) is 31.2 Å². The highest BCUT2D eigenvalue weighted by Crippen LogP contribution is 2.29. The number of nitrogens with zero attached hydrogens (tertiary/aromatic N) is 1. The maximum absolute atomic E-state index is 13.4. The van der Waals surface area contributed by atoms with Gasteiger partial charge in [-0.3, -0.25) is 19.8 Å². The molecule has 1 heterocycles. The van der Waals surface area contributed by atoms with Gasteiger partial charge in [-0.05, 0) is 67.2 Å². The quantitative estimate of drug-likeness (QED) is 0.258. The second-order valence-electron chi connectivity index (χ2n) is 7.77. The Hall–Kier alpha value is -3.82. The number of hydrogen-bond donors (Lipinski definition) is 2. The molecule has 0 saturated carbocycles. The van der Waals surface area contributed by atoms with Gasteiger partial charge in [-0.15, -0.1) is 0 Å². The normalized spacial score (nSPS) is 14.7. The van der Waals surface area contributed by atoms with E-state index in [0.29, 0.717) is 17.9 Å². The molecule has 2 amide bonds. The van der Waals surface area contributed by atoms with E-state index >= 15 is 0 Å². The van der Waals surface area contributed by atoms with E-state index in [9.17, 15) is 19.5 Å². The fraction of sp³-hybridized carbons (Fsp3) is 0.0769. The van der Waals surface area contributed by atoms with Crippen molar-refractivity contribution in [3.63, 3.8) is 0 Å². The van der Waals surface area contributed by atoms with Crippen molar-refractivity contribution in [1.29, 1.82) is 0 Å². The summed E-state index contributed by atoms with van der Waals surface area (Å²) in [4.78, 5) is 38.5. The Morgan fingerprint density at radius 1 is 1.11 bits per heavy atom. The molecule has 1 aliphatic rings. The summed E-state index contributed by atoms with van der Waals surface area (Å²) in [6.45, 7) is 2.30. The van der Waals surface area contributed by atoms with E-state index in [1.165, 1.54) is 24.3 Å². The molecule has 0 bridgehead atoms. The van der Waals surface area contributed by atoms with Crippen LogP contribution >= 0.6 is 28.1 Å². The van der Waals surface area contributed by atoms with Crippen molar-refractivity contribution in [1.82, 2.24) is 5.32 Å². The number of nitrogens with one attached hydrogen (secondary N) is 1. The van der Waals surface area contributed by atoms with E-state index in [4.69, 9.17) is 17.0 Å². The maximum atomic E-state index is 13.4. The van der Waals surface area contributed by atoms with Gasteiger partial charge in [0.1, 0.15) is 17.9 Å². The molecule has 0 spiro atoms. The van der Waals surface area contributed by atoms with Crippen LogP contribution in [-0.4, -0.2) is 28.0 Å². The van der Waals surface area contributed by atoms with E-state index < -0.39 is 17.8 Å². The molecule has 9 heteroatoms. The van der Waals surface area contributed by atoms with Crippen LogP contribution in [0.4, 0.5) is 5.69 Å². The van der Waals surface area contributed by atoms with Crippen LogP contribution < -0.4 is 15.0 Å². The van der Waals surface area contributed by atoms with Crippen LogP contribution in [0, 0.1) is 6.92 Å². The molecular formula is C26H19BrN2O5S. The molecule has 0 radical (unpaired) electrons. The maximum Gasteiger partial charge on any atom is 0.335 e. The molecule has 4 rings (SSSR count). The summed E-state index contributed by atoms with van der Waals surface area (Å²) >= 11 is 8.63. The highest BCUT2D eigenvalue weighted by molar-refractivity contribution is 9.10. The first-order valence-electron chi connectivity index (χ1n) is 10.5. The summed E-state index contributed by atoms with van der Waals surface area (Å²) in [6, 6.07) is 18.9. The number of carbonyl (C=O) groups excluding carboxylic acids is 2. The van der Waals surface area contributed by atoms with Gasteiger partial charge in [0.15, 0.2) is 5.11 Å². The zero-order valence-electron chi connectivity index (χ0n) is 18.4. The summed E-state index contributed by atoms with van der Waals surface area (Å²) in [6.07, 6.45) is 1.43. The molecule has 1 aliphatic heterocycles. The van der Waals surface area contributed by atoms with E-state index in [1.54, 1.807) is 24.3 Å². The van der Waals surface area contributed by atoms with Crippen LogP contribution in [0.5, 0.6) is 5.75 Å². The highest BCUT2D eigenvalue weighted by Gasteiger charge is 2.35. The summed E-state index contributed by atoms with van der Waals surface area (Å²) in [7, 11) is 0. The highest BCUT2D eigenvalue weighted by atomic mass is 79.9. The number of amides is 2. The number of carbonyl (C=O) groups is 3. The Morgan fingerprint density at radius 3 is 2.63 bits per heavy atom. The lowest BCUT2D eigenvalue weighted by Gasteiger charge is -2.29. The molecule has 0 aromatic heterocycles. The Balaban J connectivity index is 1.68. The lowest BCUT2D eigenvalue weighted by atomic mass is 10.1. The number of hydrogen-bond acceptors (Lipinski definition) is 5. The second kappa shape index (κ2) is 10.2. The van der Waals surface area contributed by atoms with Crippen molar-refractivity contribution < 1.29 is 24.2 Å². The van der Waals surface area contributed by atoms with Crippen LogP contribution in [0.1, 0.15) is 27.0 Å². The minimum Gasteiger partial charge on any atom is -0.488 e. The molecule has 2 N–H and O–H groups in total. The lowest BCUT2D eigenvalue weighted by Crippen LogP contribution is -2.54. The Morgan fingerprint density at radius 2 is 1.89 bits per heavy atom. The zero-order valence-corrected chi connectivity index (χ0v) is 20.9. The smallest absolute Gasteiger partial charge is 0.335 e. The van der Waals surface area contributed by atoms with Gasteiger partial charge in [0, 0.05) is 10.0 Å². The lowest BCUT2D eigenvalue weighted by molar-refractivity contribution is -0.122. The molecule has 0 aliphatic carbocycles. The van der Waals surface area contributed by atoms with Gasteiger partial charge in [0.2, 0.25) is 0 Å². The van der Waals surface area contributed by atoms with Gasteiger partial charge in [0.05, 0.1) is 11.3 Å². The minimum atomic E-state index is -1.15. The van der Waals surface area contributed by atoms with Crippen molar-refractivity contribution in [2.75, 3.05) is 4.90 Å². The molecule has 1 fully saturated rings. The molecule has 3 aromatic rings. The second-order valence-corrected chi connectivity index (χ2v) is 9.08. The molecule has 1 saturated heterocycles. The monoisotopic (exact) mass is 550 g/mol. The molecule has 176 valence electrons. The largest absolute Gasteiger partial charge is 0.488 e. The predicted octanol–water partition coefficient (Wildman–Crippen LogP) is 4.87. The summed E-state index contributed by atoms with van der Waals surface area (Å²) < 4.78 is 6.74. The Labute approximate surface area is 215 Å². The third kappa shape index (κ3) is 5.47. The SMILES string of the molecule is Cc1cccc(COc2ccc(Br)cc2C=C2C(=O)NC(=S)N(c3cccc(C(=O)O)c3)C2=O)c1. The van der Waals surface area contributed by atoms with Crippen LogP contribution in [0.3, 0.4) is 0 Å². The number of carboxylic acid groups (broad SMARTS) is 1. The standard InChI is InChI=1S/C26H19BrN2O5S/c1-15-4-2-5-16(10-15)14-34-22-9-8-19(27)11-18(22)13-21-23(30)28-26(35)29(24(21)31)20-7-3-6-17(12-20)25(32)33/h2-13H,14H2,1H3,(H,32,33)(H,28,30,35). The number of ether oxygens (including phenoxy) is 1. The zero-order chi connectivity index (χ0) is 25.1. The number of rotatable bonds is 6. The van der Waals surface area contributed by atoms with Crippen molar-refractivity contribution in [2.45, 2.75) is 13.5 Å². The van der Waals surface area contributed by atoms with Gasteiger partial charge in [-0.1, -0.05) is 51.8 Å². The van der Waals surface area contributed by atoms with Gasteiger partial charge in [-0.2, -0.15) is 0 Å². The van der Waals surface area contributed by atoms with Crippen molar-refractivity contribution in [2.24, 2.45) is 0 Å². The average Bonchev–Trinajstić information content (AvgIpc) is 2.81. The van der Waals surface area contributed by atoms with E-state index in [0.717, 1.165) is 20.5 Å². The van der Waals surface area contributed by atoms with Crippen LogP contribution in [-0.2, 0) is 16.2 Å². The number of benzene rings is 3. The number of thiocarbonyl (C=S) groups is 1. The minimum absolute atomic E-state index is 0.0145. The third-order valence-corrected chi connectivity index (χ3v) is 5.98. The van der Waals surface area contributed by atoms with Crippen molar-refractivity contribution in [3.05, 3.63) is 99.0 Å². The number of carboxylic acids is 1. The molecule has 3 aromatic carbocycles. The fourth-order valence-electron chi connectivity index (χ4n) is 3.55. The topological polar surface area (TPSA) is 95.9 Å². The Kier molecular flexibility index (Phi) is 7.09. The third-order valence-electron chi connectivity index (χ3n) is 5.20. The van der Waals surface area contributed by atoms with E-state index in [2.05, 4.69) is 21.2 Å². The van der Waals surface area contributed by atoms with Gasteiger partial charge in [0.25, 0.3) is 11.8 Å². The van der Waals surface area contributed by atoms with Gasteiger partial charge < -0.3 is 9.84 Å². The van der Waals surface area contributed by atoms with Gasteiger partial charge in [-0.25, -0.2) is 4.79 Å². The molecule has 0 unspecified atom stereocenters. The first-order valence-corrected chi connectivity index (χ1v) is 11.7. The first kappa shape index (κ1) is 24.3. The van der Waals surface area contributed by atoms with Crippen molar-refractivity contribution in [3.8, 4) is 5.75 Å². The Bertz CT molecular complexity index is 1400. The summed E-state index contributed by atoms with van der Waals surface area (Å²) in [5.41, 5.74) is 2.65. The van der Waals surface area contributed by atoms with Crippen LogP contribution in [0.2, 0.25) is 0 Å². The number of anilines is 1. The fourth-order valence-corrected chi connectivity index (χ4v) is 4.21. The van der Waals surface area contributed by atoms with Gasteiger partial charge >= 0.3 is 5.97 Å². The van der Waals surface area contributed by atoms with Crippen LogP contribution in [0.15, 0.2) is 76.8 Å². The molecular weight excluding hydrogens is 532 g/mol. The van der Waals surface area contributed by atoms with Crippen molar-refractivity contribution >= 4 is 62.8 Å². The summed E-state index contributed by atoms with van der Waals surface area (Å²) in [5, 5.41) is 11.7. The number of aryl methyl sites for hydroxylation is 1. The predicted molar refractivity (Wildman–Crippen MR) is 139 cm³/mol. The molecule has 35 heavy (non-hydrogen) atoms. The summed E-state index contributed by atoms with van der Waals surface area (Å²) in [5.74, 6) is -2.00. The number of aromatic carboxylic acids is 1.